The first-order valence-electron chi connectivity index (χ1n) is 9.42. The molecule has 2 saturated heterocycles. The van der Waals surface area contributed by atoms with E-state index in [0.29, 0.717) is 6.54 Å². The van der Waals surface area contributed by atoms with Gasteiger partial charge in [-0.1, -0.05) is 13.3 Å². The topological polar surface area (TPSA) is 52.7 Å². The van der Waals surface area contributed by atoms with Gasteiger partial charge in [0.25, 0.3) is 0 Å². The van der Waals surface area contributed by atoms with Crippen LogP contribution in [0.15, 0.2) is 0 Å². The molecule has 1 atom stereocenters. The van der Waals surface area contributed by atoms with Gasteiger partial charge in [0.2, 0.25) is 11.8 Å². The van der Waals surface area contributed by atoms with Crippen LogP contribution in [0.5, 0.6) is 0 Å². The molecule has 0 aromatic heterocycles. The highest BCUT2D eigenvalue weighted by molar-refractivity contribution is 5.80. The zero-order chi connectivity index (χ0) is 16.2. The fourth-order valence-electron chi connectivity index (χ4n) is 3.86. The summed E-state index contributed by atoms with van der Waals surface area (Å²) in [5, 5.41) is 3.20. The fourth-order valence-corrected chi connectivity index (χ4v) is 3.86. The van der Waals surface area contributed by atoms with Crippen LogP contribution in [0.3, 0.4) is 0 Å². The molecule has 0 spiro atoms. The second-order valence-electron chi connectivity index (χ2n) is 7.77. The molecule has 1 N–H and O–H groups in total. The smallest absolute Gasteiger partial charge is 0.236 e. The van der Waals surface area contributed by atoms with Crippen LogP contribution in [0.2, 0.25) is 0 Å². The molecule has 5 nitrogen and oxygen atoms in total. The number of hydrogen-bond acceptors (Lipinski definition) is 3. The molecule has 23 heavy (non-hydrogen) atoms. The summed E-state index contributed by atoms with van der Waals surface area (Å²) in [5.41, 5.74) is 0. The molecule has 2 heterocycles. The Morgan fingerprint density at radius 2 is 1.74 bits per heavy atom. The summed E-state index contributed by atoms with van der Waals surface area (Å²) in [6.45, 7) is 6.41. The second kappa shape index (κ2) is 7.65. The molecule has 1 aliphatic carbocycles. The van der Waals surface area contributed by atoms with Gasteiger partial charge in [0.1, 0.15) is 0 Å². The van der Waals surface area contributed by atoms with Crippen molar-refractivity contribution >= 4 is 11.8 Å². The molecule has 0 aromatic carbocycles. The number of likely N-dealkylation sites (tertiary alicyclic amines) is 2. The first-order valence-corrected chi connectivity index (χ1v) is 9.42. The van der Waals surface area contributed by atoms with Gasteiger partial charge >= 0.3 is 0 Å². The van der Waals surface area contributed by atoms with E-state index >= 15 is 0 Å². The van der Waals surface area contributed by atoms with E-state index in [9.17, 15) is 9.59 Å². The van der Waals surface area contributed by atoms with E-state index in [2.05, 4.69) is 17.1 Å². The van der Waals surface area contributed by atoms with Gasteiger partial charge in [0, 0.05) is 31.6 Å². The minimum Gasteiger partial charge on any atom is -0.352 e. The van der Waals surface area contributed by atoms with Gasteiger partial charge < -0.3 is 10.2 Å². The molecular formula is C18H31N3O2. The lowest BCUT2D eigenvalue weighted by Crippen LogP contribution is -2.52. The predicted octanol–water partition coefficient (Wildman–Crippen LogP) is 1.63. The number of carbonyl (C=O) groups excluding carboxylic acids is 2. The van der Waals surface area contributed by atoms with Crippen LogP contribution in [0, 0.1) is 11.8 Å². The first kappa shape index (κ1) is 16.7. The van der Waals surface area contributed by atoms with E-state index < -0.39 is 0 Å². The maximum Gasteiger partial charge on any atom is 0.236 e. The van der Waals surface area contributed by atoms with Crippen LogP contribution in [-0.2, 0) is 9.59 Å². The second-order valence-corrected chi connectivity index (χ2v) is 7.77. The van der Waals surface area contributed by atoms with E-state index in [1.165, 1.54) is 6.42 Å². The van der Waals surface area contributed by atoms with Crippen LogP contribution < -0.4 is 5.32 Å². The summed E-state index contributed by atoms with van der Waals surface area (Å²) in [5.74, 6) is 1.50. The van der Waals surface area contributed by atoms with Crippen molar-refractivity contribution in [3.8, 4) is 0 Å². The number of piperidine rings is 2. The Labute approximate surface area is 139 Å². The Hall–Kier alpha value is -1.10. The zero-order valence-corrected chi connectivity index (χ0v) is 14.4. The van der Waals surface area contributed by atoms with Gasteiger partial charge in [-0.25, -0.2) is 0 Å². The molecule has 3 fully saturated rings. The summed E-state index contributed by atoms with van der Waals surface area (Å²) in [4.78, 5) is 28.8. The average molecular weight is 321 g/mol. The zero-order valence-electron chi connectivity index (χ0n) is 14.4. The molecule has 1 unspecified atom stereocenters. The summed E-state index contributed by atoms with van der Waals surface area (Å²) in [6.07, 6.45) is 7.67. The van der Waals surface area contributed by atoms with E-state index in [4.69, 9.17) is 0 Å². The summed E-state index contributed by atoms with van der Waals surface area (Å²) < 4.78 is 0. The van der Waals surface area contributed by atoms with Gasteiger partial charge in [0.05, 0.1) is 6.54 Å². The van der Waals surface area contributed by atoms with E-state index in [1.807, 2.05) is 4.90 Å². The maximum atomic E-state index is 12.5. The van der Waals surface area contributed by atoms with Crippen molar-refractivity contribution in [1.82, 2.24) is 15.1 Å². The Bertz CT molecular complexity index is 428. The number of rotatable bonds is 4. The highest BCUT2D eigenvalue weighted by Crippen LogP contribution is 2.26. The minimum atomic E-state index is 0.228. The highest BCUT2D eigenvalue weighted by Gasteiger charge is 2.30. The number of nitrogens with zero attached hydrogens (tertiary/aromatic N) is 2. The minimum absolute atomic E-state index is 0.228. The molecular weight excluding hydrogens is 290 g/mol. The quantitative estimate of drug-likeness (QED) is 0.856. The molecule has 0 aromatic rings. The van der Waals surface area contributed by atoms with Crippen LogP contribution in [0.1, 0.15) is 51.9 Å². The van der Waals surface area contributed by atoms with Gasteiger partial charge in [-0.2, -0.15) is 0 Å². The molecule has 5 heteroatoms. The lowest BCUT2D eigenvalue weighted by atomic mass is 9.84. The lowest BCUT2D eigenvalue weighted by Gasteiger charge is -2.36. The molecule has 2 amide bonds. The van der Waals surface area contributed by atoms with Crippen molar-refractivity contribution in [3.63, 3.8) is 0 Å². The normalized spacial score (nSPS) is 27.5. The largest absolute Gasteiger partial charge is 0.352 e. The van der Waals surface area contributed by atoms with E-state index in [1.54, 1.807) is 0 Å². The first-order chi connectivity index (χ1) is 11.1. The monoisotopic (exact) mass is 321 g/mol. The van der Waals surface area contributed by atoms with Crippen molar-refractivity contribution in [2.75, 3.05) is 32.7 Å². The SMILES string of the molecule is CC1CCN(C(=O)CN2CCCC(NC(=O)C3CCC3)C2)CC1. The molecule has 0 radical (unpaired) electrons. The molecule has 2 aliphatic heterocycles. The number of nitrogens with one attached hydrogen (secondary N) is 1. The van der Waals surface area contributed by atoms with Crippen molar-refractivity contribution < 1.29 is 9.59 Å². The van der Waals surface area contributed by atoms with Gasteiger partial charge in [-0.15, -0.1) is 0 Å². The summed E-state index contributed by atoms with van der Waals surface area (Å²) >= 11 is 0. The van der Waals surface area contributed by atoms with E-state index in [-0.39, 0.29) is 23.8 Å². The Morgan fingerprint density at radius 3 is 2.39 bits per heavy atom. The van der Waals surface area contributed by atoms with Crippen molar-refractivity contribution in [2.45, 2.75) is 57.9 Å². The molecule has 1 saturated carbocycles. The number of carbonyl (C=O) groups is 2. The van der Waals surface area contributed by atoms with E-state index in [0.717, 1.165) is 70.6 Å². The molecule has 3 aliphatic rings. The van der Waals surface area contributed by atoms with Crippen molar-refractivity contribution in [3.05, 3.63) is 0 Å². The van der Waals surface area contributed by atoms with Gasteiger partial charge in [-0.05, 0) is 51.0 Å². The third-order valence-electron chi connectivity index (χ3n) is 5.82. The standard InChI is InChI=1S/C18H31N3O2/c1-14-7-10-21(11-8-14)17(22)13-20-9-3-6-16(12-20)19-18(23)15-4-2-5-15/h14-16H,2-13H2,1H3,(H,19,23). The van der Waals surface area contributed by atoms with Crippen LogP contribution >= 0.6 is 0 Å². The fraction of sp³-hybridized carbons (Fsp3) is 0.889. The van der Waals surface area contributed by atoms with Crippen LogP contribution in [0.25, 0.3) is 0 Å². The molecule has 0 bridgehead atoms. The number of hydrogen-bond donors (Lipinski definition) is 1. The average Bonchev–Trinajstić information content (AvgIpc) is 2.46. The highest BCUT2D eigenvalue weighted by atomic mass is 16.2. The van der Waals surface area contributed by atoms with Gasteiger partial charge in [0.15, 0.2) is 0 Å². The molecule has 3 rings (SSSR count). The molecule has 130 valence electrons. The third kappa shape index (κ3) is 4.46. The predicted molar refractivity (Wildman–Crippen MR) is 89.9 cm³/mol. The van der Waals surface area contributed by atoms with Crippen molar-refractivity contribution in [2.24, 2.45) is 11.8 Å². The Morgan fingerprint density at radius 1 is 1.00 bits per heavy atom. The lowest BCUT2D eigenvalue weighted by molar-refractivity contribution is -0.134. The summed E-state index contributed by atoms with van der Waals surface area (Å²) in [7, 11) is 0. The van der Waals surface area contributed by atoms with Crippen molar-refractivity contribution in [1.29, 1.82) is 0 Å². The van der Waals surface area contributed by atoms with Crippen LogP contribution in [-0.4, -0.2) is 60.4 Å². The van der Waals surface area contributed by atoms with Crippen LogP contribution in [0.4, 0.5) is 0 Å². The Kier molecular flexibility index (Phi) is 5.57. The summed E-state index contributed by atoms with van der Waals surface area (Å²) in [6, 6.07) is 0.228. The third-order valence-corrected chi connectivity index (χ3v) is 5.82. The maximum absolute atomic E-state index is 12.5. The van der Waals surface area contributed by atoms with Gasteiger partial charge in [-0.3, -0.25) is 14.5 Å². The Balaban J connectivity index is 1.42. The number of amides is 2.